The Morgan fingerprint density at radius 3 is 1.79 bits per heavy atom. The van der Waals surface area contributed by atoms with Crippen LogP contribution in [0.25, 0.3) is 0 Å². The van der Waals surface area contributed by atoms with Crippen molar-refractivity contribution in [3.05, 3.63) is 108 Å². The standard InChI is InChI=1S/C27H29O6P/c28-26(32-19-21-10-4-1-5-11-21)17-16-24(27(29)33-20-22-12-6-2-7-13-22)18-25(34(30)31)23-14-8-3-9-15-23/h1-15,24-25,34H,16-20H2,(H,30,31). The van der Waals surface area contributed by atoms with Crippen molar-refractivity contribution in [1.29, 1.82) is 0 Å². The molecule has 3 unspecified atom stereocenters. The molecule has 3 aromatic carbocycles. The van der Waals surface area contributed by atoms with Gasteiger partial charge in [-0.1, -0.05) is 91.0 Å². The first-order valence-electron chi connectivity index (χ1n) is 11.2. The van der Waals surface area contributed by atoms with E-state index in [1.165, 1.54) is 0 Å². The SMILES string of the molecule is O=C(CCC(CC(c1ccccc1)[PH](=O)O)C(=O)OCc1ccccc1)OCc1ccccc1. The number of hydrogen-bond acceptors (Lipinski definition) is 5. The summed E-state index contributed by atoms with van der Waals surface area (Å²) in [5.41, 5.74) is 1.69. The zero-order valence-electron chi connectivity index (χ0n) is 18.8. The van der Waals surface area contributed by atoms with Crippen LogP contribution in [0.4, 0.5) is 0 Å². The molecule has 0 aliphatic rings. The van der Waals surface area contributed by atoms with Crippen LogP contribution in [0.3, 0.4) is 0 Å². The van der Waals surface area contributed by atoms with E-state index in [1.807, 2.05) is 66.7 Å². The maximum atomic E-state index is 13.0. The second-order valence-corrected chi connectivity index (χ2v) is 9.39. The predicted molar refractivity (Wildman–Crippen MR) is 130 cm³/mol. The highest BCUT2D eigenvalue weighted by atomic mass is 31.1. The van der Waals surface area contributed by atoms with Crippen LogP contribution < -0.4 is 0 Å². The predicted octanol–water partition coefficient (Wildman–Crippen LogP) is 5.47. The molecule has 0 aliphatic carbocycles. The lowest BCUT2D eigenvalue weighted by Gasteiger charge is -2.21. The van der Waals surface area contributed by atoms with E-state index in [0.29, 0.717) is 5.56 Å². The van der Waals surface area contributed by atoms with Gasteiger partial charge in [-0.05, 0) is 29.5 Å². The van der Waals surface area contributed by atoms with Gasteiger partial charge < -0.3 is 14.4 Å². The van der Waals surface area contributed by atoms with Gasteiger partial charge in [0.2, 0.25) is 0 Å². The second kappa shape index (κ2) is 13.5. The third kappa shape index (κ3) is 8.29. The van der Waals surface area contributed by atoms with E-state index in [0.717, 1.165) is 11.1 Å². The molecule has 3 aromatic rings. The van der Waals surface area contributed by atoms with E-state index in [4.69, 9.17) is 9.47 Å². The van der Waals surface area contributed by atoms with Crippen molar-refractivity contribution in [1.82, 2.24) is 0 Å². The maximum Gasteiger partial charge on any atom is 0.309 e. The molecule has 0 saturated carbocycles. The number of ether oxygens (including phenoxy) is 2. The molecular weight excluding hydrogens is 451 g/mol. The van der Waals surface area contributed by atoms with Crippen molar-refractivity contribution in [2.45, 2.75) is 38.1 Å². The molecule has 7 heteroatoms. The fraction of sp³-hybridized carbons (Fsp3) is 0.259. The van der Waals surface area contributed by atoms with Gasteiger partial charge in [0.25, 0.3) is 0 Å². The van der Waals surface area contributed by atoms with Gasteiger partial charge in [-0.2, -0.15) is 0 Å². The number of benzene rings is 3. The highest BCUT2D eigenvalue weighted by molar-refractivity contribution is 7.38. The molecule has 6 nitrogen and oxygen atoms in total. The molecule has 3 atom stereocenters. The minimum Gasteiger partial charge on any atom is -0.461 e. The van der Waals surface area contributed by atoms with E-state index < -0.39 is 31.5 Å². The summed E-state index contributed by atoms with van der Waals surface area (Å²) < 4.78 is 23.0. The summed E-state index contributed by atoms with van der Waals surface area (Å²) >= 11 is 0. The van der Waals surface area contributed by atoms with Gasteiger partial charge in [-0.15, -0.1) is 0 Å². The van der Waals surface area contributed by atoms with Crippen LogP contribution >= 0.6 is 8.03 Å². The van der Waals surface area contributed by atoms with Gasteiger partial charge in [0.05, 0.1) is 11.6 Å². The molecule has 0 aliphatic heterocycles. The first-order valence-corrected chi connectivity index (χ1v) is 12.6. The van der Waals surface area contributed by atoms with Gasteiger partial charge >= 0.3 is 11.9 Å². The van der Waals surface area contributed by atoms with Crippen molar-refractivity contribution in [3.63, 3.8) is 0 Å². The van der Waals surface area contributed by atoms with Crippen LogP contribution in [-0.2, 0) is 36.8 Å². The van der Waals surface area contributed by atoms with Crippen molar-refractivity contribution in [2.24, 2.45) is 5.92 Å². The Bertz CT molecular complexity index is 1060. The summed E-state index contributed by atoms with van der Waals surface area (Å²) in [6, 6.07) is 27.5. The molecule has 0 aromatic heterocycles. The van der Waals surface area contributed by atoms with Crippen molar-refractivity contribution in [2.75, 3.05) is 0 Å². The van der Waals surface area contributed by atoms with Crippen molar-refractivity contribution >= 4 is 20.0 Å². The first-order chi connectivity index (χ1) is 16.5. The van der Waals surface area contributed by atoms with Gasteiger partial charge in [0.1, 0.15) is 13.2 Å². The zero-order valence-corrected chi connectivity index (χ0v) is 19.8. The minimum atomic E-state index is -2.98. The number of carbonyl (C=O) groups excluding carboxylic acids is 2. The fourth-order valence-corrected chi connectivity index (χ4v) is 4.59. The van der Waals surface area contributed by atoms with Crippen molar-refractivity contribution in [3.8, 4) is 0 Å². The van der Waals surface area contributed by atoms with Crippen LogP contribution in [-0.4, -0.2) is 16.8 Å². The van der Waals surface area contributed by atoms with E-state index in [-0.39, 0.29) is 32.5 Å². The highest BCUT2D eigenvalue weighted by Crippen LogP contribution is 2.43. The van der Waals surface area contributed by atoms with Crippen LogP contribution in [0.1, 0.15) is 41.6 Å². The Balaban J connectivity index is 1.65. The van der Waals surface area contributed by atoms with Gasteiger partial charge in [0, 0.05) is 6.42 Å². The molecule has 0 heterocycles. The second-order valence-electron chi connectivity index (χ2n) is 8.01. The molecule has 0 saturated heterocycles. The molecule has 0 bridgehead atoms. The summed E-state index contributed by atoms with van der Waals surface area (Å²) in [5.74, 6) is -1.65. The van der Waals surface area contributed by atoms with E-state index in [9.17, 15) is 19.0 Å². The van der Waals surface area contributed by atoms with E-state index >= 15 is 0 Å². The maximum absolute atomic E-state index is 13.0. The Hall–Kier alpha value is -3.21. The van der Waals surface area contributed by atoms with Gasteiger partial charge in [-0.25, -0.2) is 0 Å². The number of esters is 2. The van der Waals surface area contributed by atoms with E-state index in [1.54, 1.807) is 24.3 Å². The Kier molecular flexibility index (Phi) is 10.1. The lowest BCUT2D eigenvalue weighted by atomic mass is 9.94. The third-order valence-electron chi connectivity index (χ3n) is 5.52. The molecule has 0 fully saturated rings. The zero-order chi connectivity index (χ0) is 24.2. The normalized spacial score (nSPS) is 13.4. The molecule has 0 radical (unpaired) electrons. The molecule has 178 valence electrons. The fourth-order valence-electron chi connectivity index (χ4n) is 3.63. The molecular formula is C27H29O6P. The average molecular weight is 480 g/mol. The summed E-state index contributed by atoms with van der Waals surface area (Å²) in [6.45, 7) is 0.249. The van der Waals surface area contributed by atoms with E-state index in [2.05, 4.69) is 0 Å². The number of rotatable bonds is 12. The third-order valence-corrected chi connectivity index (χ3v) is 6.68. The number of carbonyl (C=O) groups is 2. The highest BCUT2D eigenvalue weighted by Gasteiger charge is 2.29. The molecule has 1 N–H and O–H groups in total. The van der Waals surface area contributed by atoms with Crippen molar-refractivity contribution < 1.29 is 28.5 Å². The molecule has 0 spiro atoms. The largest absolute Gasteiger partial charge is 0.461 e. The summed E-state index contributed by atoms with van der Waals surface area (Å²) in [5, 5.41) is 0. The van der Waals surface area contributed by atoms with Crippen LogP contribution in [0.2, 0.25) is 0 Å². The minimum absolute atomic E-state index is 0.00576. The lowest BCUT2D eigenvalue weighted by molar-refractivity contribution is -0.151. The lowest BCUT2D eigenvalue weighted by Crippen LogP contribution is -2.21. The van der Waals surface area contributed by atoms with Crippen LogP contribution in [0, 0.1) is 5.92 Å². The topological polar surface area (TPSA) is 89.9 Å². The summed E-state index contributed by atoms with van der Waals surface area (Å²) in [6.07, 6.45) is 0.281. The smallest absolute Gasteiger partial charge is 0.309 e. The molecule has 3 rings (SSSR count). The summed E-state index contributed by atoms with van der Waals surface area (Å²) in [4.78, 5) is 35.3. The van der Waals surface area contributed by atoms with Crippen LogP contribution in [0.15, 0.2) is 91.0 Å². The monoisotopic (exact) mass is 480 g/mol. The van der Waals surface area contributed by atoms with Gasteiger partial charge in [0.15, 0.2) is 8.03 Å². The Morgan fingerprint density at radius 1 is 0.765 bits per heavy atom. The molecule has 34 heavy (non-hydrogen) atoms. The molecule has 0 amide bonds. The summed E-state index contributed by atoms with van der Waals surface area (Å²) in [7, 11) is -2.98. The first kappa shape index (κ1) is 25.4. The average Bonchev–Trinajstić information content (AvgIpc) is 2.87. The Morgan fingerprint density at radius 2 is 1.26 bits per heavy atom. The quantitative estimate of drug-likeness (QED) is 0.273. The van der Waals surface area contributed by atoms with Crippen LogP contribution in [0.5, 0.6) is 0 Å². The Labute approximate surface area is 200 Å². The van der Waals surface area contributed by atoms with Gasteiger partial charge in [-0.3, -0.25) is 14.2 Å². The number of hydrogen-bond donors (Lipinski definition) is 1.